The number of carboxylic acid groups (broad SMARTS) is 1. The molecule has 0 spiro atoms. The normalized spacial score (nSPS) is 11.9. The molecule has 3 N–H and O–H groups in total. The summed E-state index contributed by atoms with van der Waals surface area (Å²) in [6.45, 7) is 3.24. The van der Waals surface area contributed by atoms with Crippen LogP contribution < -0.4 is 10.6 Å². The van der Waals surface area contributed by atoms with Crippen molar-refractivity contribution >= 4 is 17.7 Å². The Kier molecular flexibility index (Phi) is 3.67. The number of carboxylic acids is 1. The zero-order valence-corrected chi connectivity index (χ0v) is 9.97. The van der Waals surface area contributed by atoms with Gasteiger partial charge in [0.05, 0.1) is 5.56 Å². The average molecular weight is 237 g/mol. The Morgan fingerprint density at radius 3 is 2.59 bits per heavy atom. The average Bonchev–Trinajstić information content (AvgIpc) is 2.25. The zero-order valence-electron chi connectivity index (χ0n) is 9.97. The summed E-state index contributed by atoms with van der Waals surface area (Å²) in [5, 5.41) is 8.93. The van der Waals surface area contributed by atoms with Crippen LogP contribution in [-0.4, -0.2) is 35.1 Å². The van der Waals surface area contributed by atoms with E-state index in [0.29, 0.717) is 5.56 Å². The summed E-state index contributed by atoms with van der Waals surface area (Å²) < 4.78 is 0. The van der Waals surface area contributed by atoms with Crippen molar-refractivity contribution in [2.24, 2.45) is 5.73 Å². The van der Waals surface area contributed by atoms with E-state index in [9.17, 15) is 9.59 Å². The maximum absolute atomic E-state index is 11.3. The second-order valence-corrected chi connectivity index (χ2v) is 3.82. The van der Waals surface area contributed by atoms with Gasteiger partial charge in [-0.15, -0.1) is 0 Å². The highest BCUT2D eigenvalue weighted by atomic mass is 16.4. The van der Waals surface area contributed by atoms with Crippen LogP contribution in [0.3, 0.4) is 0 Å². The molecule has 0 saturated heterocycles. The van der Waals surface area contributed by atoms with Crippen LogP contribution in [0.15, 0.2) is 12.3 Å². The Bertz CT molecular complexity index is 459. The summed E-state index contributed by atoms with van der Waals surface area (Å²) in [5.41, 5.74) is 6.20. The maximum atomic E-state index is 11.3. The number of anilines is 1. The van der Waals surface area contributed by atoms with Gasteiger partial charge in [0.25, 0.3) is 5.91 Å². The van der Waals surface area contributed by atoms with Crippen LogP contribution >= 0.6 is 0 Å². The summed E-state index contributed by atoms with van der Waals surface area (Å²) >= 11 is 0. The molecule has 0 aliphatic rings. The summed E-state index contributed by atoms with van der Waals surface area (Å²) in [6, 6.07) is 0.866. The molecule has 0 aromatic carbocycles. The SMILES string of the molecule is Cc1ccnc(N(C)C(C)C(=O)O)c1C(N)=O. The first kappa shape index (κ1) is 13.0. The van der Waals surface area contributed by atoms with E-state index in [1.807, 2.05) is 0 Å². The molecule has 6 nitrogen and oxygen atoms in total. The van der Waals surface area contributed by atoms with Crippen LogP contribution in [-0.2, 0) is 4.79 Å². The molecule has 0 aliphatic carbocycles. The number of likely N-dealkylation sites (N-methyl/N-ethyl adjacent to an activating group) is 1. The Labute approximate surface area is 99.1 Å². The molecule has 1 aromatic heterocycles. The Morgan fingerprint density at radius 2 is 2.12 bits per heavy atom. The van der Waals surface area contributed by atoms with Gasteiger partial charge in [0.1, 0.15) is 11.9 Å². The number of hydrogen-bond acceptors (Lipinski definition) is 4. The number of aryl methyl sites for hydroxylation is 1. The number of carbonyl (C=O) groups is 2. The predicted octanol–water partition coefficient (Wildman–Crippen LogP) is 0.398. The topological polar surface area (TPSA) is 96.5 Å². The molecule has 0 aliphatic heterocycles. The number of nitrogens with zero attached hydrogens (tertiary/aromatic N) is 2. The predicted molar refractivity (Wildman–Crippen MR) is 63.0 cm³/mol. The molecule has 1 amide bonds. The van der Waals surface area contributed by atoms with Gasteiger partial charge in [-0.3, -0.25) is 4.79 Å². The van der Waals surface area contributed by atoms with Gasteiger partial charge in [0, 0.05) is 13.2 Å². The van der Waals surface area contributed by atoms with E-state index in [1.54, 1.807) is 20.0 Å². The van der Waals surface area contributed by atoms with Gasteiger partial charge < -0.3 is 15.7 Å². The minimum atomic E-state index is -0.994. The summed E-state index contributed by atoms with van der Waals surface area (Å²) in [5.74, 6) is -1.33. The van der Waals surface area contributed by atoms with E-state index in [4.69, 9.17) is 10.8 Å². The van der Waals surface area contributed by atoms with Crippen LogP contribution in [0.25, 0.3) is 0 Å². The summed E-state index contributed by atoms with van der Waals surface area (Å²) in [4.78, 5) is 27.7. The molecule has 17 heavy (non-hydrogen) atoms. The van der Waals surface area contributed by atoms with Gasteiger partial charge in [-0.25, -0.2) is 9.78 Å². The van der Waals surface area contributed by atoms with E-state index in [2.05, 4.69) is 4.98 Å². The van der Waals surface area contributed by atoms with Gasteiger partial charge in [-0.05, 0) is 25.5 Å². The number of rotatable bonds is 4. The van der Waals surface area contributed by atoms with Gasteiger partial charge >= 0.3 is 5.97 Å². The molecule has 0 fully saturated rings. The molecule has 1 heterocycles. The number of hydrogen-bond donors (Lipinski definition) is 2. The van der Waals surface area contributed by atoms with Crippen LogP contribution in [0.5, 0.6) is 0 Å². The van der Waals surface area contributed by atoms with Crippen molar-refractivity contribution in [1.29, 1.82) is 0 Å². The lowest BCUT2D eigenvalue weighted by molar-refractivity contribution is -0.138. The van der Waals surface area contributed by atoms with E-state index >= 15 is 0 Å². The first-order valence-corrected chi connectivity index (χ1v) is 5.07. The van der Waals surface area contributed by atoms with Crippen molar-refractivity contribution in [2.45, 2.75) is 19.9 Å². The van der Waals surface area contributed by atoms with Crippen molar-refractivity contribution in [3.05, 3.63) is 23.4 Å². The third-order valence-electron chi connectivity index (χ3n) is 2.66. The lowest BCUT2D eigenvalue weighted by Gasteiger charge is -2.24. The Hall–Kier alpha value is -2.11. The van der Waals surface area contributed by atoms with E-state index < -0.39 is 17.9 Å². The Balaban J connectivity index is 3.26. The van der Waals surface area contributed by atoms with Crippen LogP contribution in [0.2, 0.25) is 0 Å². The smallest absolute Gasteiger partial charge is 0.326 e. The summed E-state index contributed by atoms with van der Waals surface area (Å²) in [7, 11) is 1.56. The fourth-order valence-corrected chi connectivity index (χ4v) is 1.46. The molecule has 0 radical (unpaired) electrons. The van der Waals surface area contributed by atoms with E-state index in [0.717, 1.165) is 0 Å². The van der Waals surface area contributed by atoms with Crippen LogP contribution in [0, 0.1) is 6.92 Å². The third-order valence-corrected chi connectivity index (χ3v) is 2.66. The van der Waals surface area contributed by atoms with Crippen molar-refractivity contribution in [3.63, 3.8) is 0 Å². The van der Waals surface area contributed by atoms with Crippen LogP contribution in [0.4, 0.5) is 5.82 Å². The minimum absolute atomic E-state index is 0.253. The highest BCUT2D eigenvalue weighted by Gasteiger charge is 2.23. The first-order valence-electron chi connectivity index (χ1n) is 5.07. The number of amides is 1. The second kappa shape index (κ2) is 4.82. The highest BCUT2D eigenvalue weighted by Crippen LogP contribution is 2.21. The second-order valence-electron chi connectivity index (χ2n) is 3.82. The number of aromatic nitrogens is 1. The van der Waals surface area contributed by atoms with Crippen molar-refractivity contribution < 1.29 is 14.7 Å². The molecule has 6 heteroatoms. The molecule has 1 unspecified atom stereocenters. The lowest BCUT2D eigenvalue weighted by Crippen LogP contribution is -2.37. The molecule has 1 atom stereocenters. The molecule has 0 bridgehead atoms. The molecule has 92 valence electrons. The summed E-state index contributed by atoms with van der Waals surface area (Å²) in [6.07, 6.45) is 1.52. The maximum Gasteiger partial charge on any atom is 0.326 e. The fraction of sp³-hybridized carbons (Fsp3) is 0.364. The fourth-order valence-electron chi connectivity index (χ4n) is 1.46. The van der Waals surface area contributed by atoms with Gasteiger partial charge in [0.2, 0.25) is 0 Å². The molecule has 1 rings (SSSR count). The van der Waals surface area contributed by atoms with Crippen molar-refractivity contribution in [1.82, 2.24) is 4.98 Å². The van der Waals surface area contributed by atoms with E-state index in [1.165, 1.54) is 18.0 Å². The largest absolute Gasteiger partial charge is 0.480 e. The quantitative estimate of drug-likeness (QED) is 0.790. The molecular weight excluding hydrogens is 222 g/mol. The monoisotopic (exact) mass is 237 g/mol. The molecular formula is C11H15N3O3. The van der Waals surface area contributed by atoms with Crippen molar-refractivity contribution in [3.8, 4) is 0 Å². The number of nitrogens with two attached hydrogens (primary N) is 1. The molecule has 0 saturated carbocycles. The Morgan fingerprint density at radius 1 is 1.53 bits per heavy atom. The molecule has 1 aromatic rings. The zero-order chi connectivity index (χ0) is 13.2. The van der Waals surface area contributed by atoms with E-state index in [-0.39, 0.29) is 11.4 Å². The standard InChI is InChI=1S/C11H15N3O3/c1-6-4-5-13-10(8(6)9(12)15)14(3)7(2)11(16)17/h4-5,7H,1-3H3,(H2,12,15)(H,16,17). The third kappa shape index (κ3) is 2.52. The lowest BCUT2D eigenvalue weighted by atomic mass is 10.1. The highest BCUT2D eigenvalue weighted by molar-refractivity contribution is 5.99. The van der Waals surface area contributed by atoms with Crippen LogP contribution in [0.1, 0.15) is 22.8 Å². The number of primary amides is 1. The van der Waals surface area contributed by atoms with Gasteiger partial charge in [0.15, 0.2) is 0 Å². The van der Waals surface area contributed by atoms with Gasteiger partial charge in [-0.1, -0.05) is 0 Å². The number of aliphatic carboxylic acids is 1. The minimum Gasteiger partial charge on any atom is -0.480 e. The number of carbonyl (C=O) groups excluding carboxylic acids is 1. The van der Waals surface area contributed by atoms with Crippen molar-refractivity contribution in [2.75, 3.05) is 11.9 Å². The first-order chi connectivity index (χ1) is 7.86. The number of pyridine rings is 1. The van der Waals surface area contributed by atoms with Gasteiger partial charge in [-0.2, -0.15) is 0 Å².